The Morgan fingerprint density at radius 2 is 2.22 bits per heavy atom. The molecule has 0 fully saturated rings. The molecule has 18 heavy (non-hydrogen) atoms. The number of rotatable bonds is 3. The first-order valence-corrected chi connectivity index (χ1v) is 6.87. The monoisotopic (exact) mass is 325 g/mol. The molecule has 3 rings (SSSR count). The standard InChI is InChI=1S/C11H8BrN3O2S/c1-6-13-7(5-18-6)4-10-14-11(15-17-10)8-2-3-9(12)16-8/h2-3,5H,4H2,1H3. The number of furan rings is 1. The average molecular weight is 326 g/mol. The van der Waals surface area contributed by atoms with Gasteiger partial charge in [0.25, 0.3) is 0 Å². The van der Waals surface area contributed by atoms with E-state index < -0.39 is 0 Å². The quantitative estimate of drug-likeness (QED) is 0.737. The highest BCUT2D eigenvalue weighted by atomic mass is 79.9. The van der Waals surface area contributed by atoms with Crippen LogP contribution in [-0.2, 0) is 6.42 Å². The summed E-state index contributed by atoms with van der Waals surface area (Å²) in [6, 6.07) is 3.57. The van der Waals surface area contributed by atoms with Crippen molar-refractivity contribution in [2.45, 2.75) is 13.3 Å². The van der Waals surface area contributed by atoms with Gasteiger partial charge in [-0.1, -0.05) is 5.16 Å². The number of halogens is 1. The highest BCUT2D eigenvalue weighted by Gasteiger charge is 2.13. The topological polar surface area (TPSA) is 65.0 Å². The van der Waals surface area contributed by atoms with Crippen LogP contribution in [0.25, 0.3) is 11.6 Å². The molecule has 0 radical (unpaired) electrons. The molecule has 92 valence electrons. The van der Waals surface area contributed by atoms with Crippen LogP contribution in [0.3, 0.4) is 0 Å². The van der Waals surface area contributed by atoms with E-state index in [2.05, 4.69) is 31.1 Å². The molecule has 0 unspecified atom stereocenters. The highest BCUT2D eigenvalue weighted by molar-refractivity contribution is 9.10. The Morgan fingerprint density at radius 1 is 1.33 bits per heavy atom. The summed E-state index contributed by atoms with van der Waals surface area (Å²) < 4.78 is 11.2. The van der Waals surface area contributed by atoms with Gasteiger partial charge in [-0.2, -0.15) is 4.98 Å². The molecule has 0 aliphatic carbocycles. The molecule has 0 aliphatic rings. The van der Waals surface area contributed by atoms with E-state index in [9.17, 15) is 0 Å². The minimum atomic E-state index is 0.447. The molecule has 5 nitrogen and oxygen atoms in total. The van der Waals surface area contributed by atoms with Crippen molar-refractivity contribution in [1.82, 2.24) is 15.1 Å². The molecule has 0 spiro atoms. The molecular weight excluding hydrogens is 318 g/mol. The van der Waals surface area contributed by atoms with E-state index >= 15 is 0 Å². The van der Waals surface area contributed by atoms with Gasteiger partial charge < -0.3 is 8.94 Å². The van der Waals surface area contributed by atoms with Crippen molar-refractivity contribution in [3.63, 3.8) is 0 Å². The van der Waals surface area contributed by atoms with Crippen LogP contribution in [0.2, 0.25) is 0 Å². The lowest BCUT2D eigenvalue weighted by Crippen LogP contribution is -1.88. The fourth-order valence-electron chi connectivity index (χ4n) is 1.51. The number of hydrogen-bond donors (Lipinski definition) is 0. The first-order valence-electron chi connectivity index (χ1n) is 5.20. The Morgan fingerprint density at radius 3 is 2.89 bits per heavy atom. The maximum Gasteiger partial charge on any atom is 0.238 e. The minimum Gasteiger partial charge on any atom is -0.446 e. The van der Waals surface area contributed by atoms with Gasteiger partial charge in [0.15, 0.2) is 10.4 Å². The smallest absolute Gasteiger partial charge is 0.238 e. The summed E-state index contributed by atoms with van der Waals surface area (Å²) in [7, 11) is 0. The Hall–Kier alpha value is -1.47. The molecule has 0 N–H and O–H groups in total. The first kappa shape index (κ1) is 11.6. The Bertz CT molecular complexity index is 673. The van der Waals surface area contributed by atoms with E-state index in [1.165, 1.54) is 0 Å². The number of nitrogens with zero attached hydrogens (tertiary/aromatic N) is 3. The normalized spacial score (nSPS) is 11.0. The fraction of sp³-hybridized carbons (Fsp3) is 0.182. The van der Waals surface area contributed by atoms with Crippen LogP contribution in [0.4, 0.5) is 0 Å². The second kappa shape index (κ2) is 4.66. The van der Waals surface area contributed by atoms with Crippen LogP contribution in [0.5, 0.6) is 0 Å². The van der Waals surface area contributed by atoms with Gasteiger partial charge in [-0.05, 0) is 35.0 Å². The molecule has 0 saturated carbocycles. The zero-order chi connectivity index (χ0) is 12.5. The molecule has 0 saturated heterocycles. The summed E-state index contributed by atoms with van der Waals surface area (Å²) in [5.41, 5.74) is 0.938. The van der Waals surface area contributed by atoms with Gasteiger partial charge >= 0.3 is 0 Å². The lowest BCUT2D eigenvalue weighted by molar-refractivity contribution is 0.383. The summed E-state index contributed by atoms with van der Waals surface area (Å²) in [6.45, 7) is 1.97. The van der Waals surface area contributed by atoms with Crippen molar-refractivity contribution in [2.75, 3.05) is 0 Å². The SMILES string of the molecule is Cc1nc(Cc2nc(-c3ccc(Br)o3)no2)cs1. The zero-order valence-electron chi connectivity index (χ0n) is 9.38. The second-order valence-corrected chi connectivity index (χ2v) is 5.49. The maximum atomic E-state index is 5.36. The van der Waals surface area contributed by atoms with E-state index in [4.69, 9.17) is 8.94 Å². The van der Waals surface area contributed by atoms with Crippen molar-refractivity contribution in [1.29, 1.82) is 0 Å². The van der Waals surface area contributed by atoms with E-state index in [1.807, 2.05) is 12.3 Å². The predicted molar refractivity (Wildman–Crippen MR) is 69.4 cm³/mol. The van der Waals surface area contributed by atoms with Crippen molar-refractivity contribution >= 4 is 27.3 Å². The summed E-state index contributed by atoms with van der Waals surface area (Å²) >= 11 is 4.84. The van der Waals surface area contributed by atoms with Gasteiger partial charge in [-0.25, -0.2) is 4.98 Å². The van der Waals surface area contributed by atoms with Gasteiger partial charge in [0, 0.05) is 5.38 Å². The zero-order valence-corrected chi connectivity index (χ0v) is 11.8. The molecule has 0 bridgehead atoms. The average Bonchev–Trinajstić information content (AvgIpc) is 3.01. The van der Waals surface area contributed by atoms with E-state index in [1.54, 1.807) is 23.5 Å². The third-order valence-corrected chi connectivity index (χ3v) is 3.51. The third kappa shape index (κ3) is 2.37. The van der Waals surface area contributed by atoms with Gasteiger partial charge in [-0.15, -0.1) is 11.3 Å². The van der Waals surface area contributed by atoms with Gasteiger partial charge in [0.2, 0.25) is 11.7 Å². The van der Waals surface area contributed by atoms with Crippen molar-refractivity contribution in [3.8, 4) is 11.6 Å². The van der Waals surface area contributed by atoms with Crippen LogP contribution in [0.1, 0.15) is 16.6 Å². The van der Waals surface area contributed by atoms with Crippen molar-refractivity contribution in [2.24, 2.45) is 0 Å². The van der Waals surface area contributed by atoms with Gasteiger partial charge in [-0.3, -0.25) is 0 Å². The lowest BCUT2D eigenvalue weighted by Gasteiger charge is -1.87. The number of aryl methyl sites for hydroxylation is 1. The molecular formula is C11H8BrN3O2S. The molecule has 7 heteroatoms. The Balaban J connectivity index is 1.81. The second-order valence-electron chi connectivity index (χ2n) is 3.65. The van der Waals surface area contributed by atoms with E-state index in [0.29, 0.717) is 28.6 Å². The minimum absolute atomic E-state index is 0.447. The summed E-state index contributed by atoms with van der Waals surface area (Å²) in [6.07, 6.45) is 0.541. The maximum absolute atomic E-state index is 5.36. The van der Waals surface area contributed by atoms with Crippen LogP contribution in [0.15, 0.2) is 31.1 Å². The molecule has 3 heterocycles. The van der Waals surface area contributed by atoms with E-state index in [-0.39, 0.29) is 0 Å². The van der Waals surface area contributed by atoms with Crippen LogP contribution >= 0.6 is 27.3 Å². The molecule has 3 aromatic rings. The summed E-state index contributed by atoms with van der Waals surface area (Å²) in [5, 5.41) is 6.89. The number of thiazole rings is 1. The number of hydrogen-bond acceptors (Lipinski definition) is 6. The largest absolute Gasteiger partial charge is 0.446 e. The lowest BCUT2D eigenvalue weighted by atomic mass is 10.3. The van der Waals surface area contributed by atoms with Crippen molar-refractivity contribution < 1.29 is 8.94 Å². The van der Waals surface area contributed by atoms with Crippen LogP contribution in [0, 0.1) is 6.92 Å². The summed E-state index contributed by atoms with van der Waals surface area (Å²) in [5.74, 6) is 1.55. The summed E-state index contributed by atoms with van der Waals surface area (Å²) in [4.78, 5) is 8.62. The van der Waals surface area contributed by atoms with Crippen LogP contribution in [-0.4, -0.2) is 15.1 Å². The van der Waals surface area contributed by atoms with Gasteiger partial charge in [0.1, 0.15) is 0 Å². The molecule has 0 aliphatic heterocycles. The predicted octanol–water partition coefficient (Wildman–Crippen LogP) is 3.45. The van der Waals surface area contributed by atoms with Crippen molar-refractivity contribution in [3.05, 3.63) is 38.8 Å². The third-order valence-electron chi connectivity index (χ3n) is 2.26. The Kier molecular flexibility index (Phi) is 3.00. The fourth-order valence-corrected chi connectivity index (χ4v) is 2.42. The molecule has 0 amide bonds. The Labute approximate surface area is 115 Å². The van der Waals surface area contributed by atoms with Crippen LogP contribution < -0.4 is 0 Å². The first-order chi connectivity index (χ1) is 8.70. The van der Waals surface area contributed by atoms with E-state index in [0.717, 1.165) is 10.7 Å². The van der Waals surface area contributed by atoms with Gasteiger partial charge in [0.05, 0.1) is 17.1 Å². The molecule has 0 aromatic carbocycles. The molecule has 3 aromatic heterocycles. The highest BCUT2D eigenvalue weighted by Crippen LogP contribution is 2.23. The number of aromatic nitrogens is 3. The molecule has 0 atom stereocenters.